The number of carbonyl (C=O) groups excluding carboxylic acids is 1. The standard InChI is InChI=1S/C29H34ClN5O2/c1-17-14-21-26(25(33-17)19-4-5-19)31-16-22(27(21)35-12-10-29(8-9-29)32-11-13-35)28(36)34-18(2)20-6-7-24(37-3)23(30)15-20/h6-7,14-16,18-19,32H,4-5,8-13H2,1-3H3,(H,34,36)/t18-/m0/s1. The number of fused-ring (bicyclic) bond motifs is 1. The number of pyridine rings is 2. The van der Waals surface area contributed by atoms with E-state index in [2.05, 4.69) is 21.6 Å². The maximum absolute atomic E-state index is 13.8. The normalized spacial score (nSPS) is 19.5. The zero-order chi connectivity index (χ0) is 25.7. The second-order valence-electron chi connectivity index (χ2n) is 10.9. The first-order valence-corrected chi connectivity index (χ1v) is 13.7. The average Bonchev–Trinajstić information content (AvgIpc) is 3.80. The molecule has 2 saturated carbocycles. The molecule has 1 spiro atoms. The van der Waals surface area contributed by atoms with Crippen molar-refractivity contribution in [2.75, 3.05) is 31.6 Å². The Kier molecular flexibility index (Phi) is 6.24. The van der Waals surface area contributed by atoms with Gasteiger partial charge in [-0.3, -0.25) is 14.8 Å². The molecule has 1 atom stereocenters. The van der Waals surface area contributed by atoms with Gasteiger partial charge in [0, 0.05) is 48.4 Å². The number of ether oxygens (including phenoxy) is 1. The molecule has 1 saturated heterocycles. The van der Waals surface area contributed by atoms with E-state index >= 15 is 0 Å². The fraction of sp³-hybridized carbons (Fsp3) is 0.483. The molecule has 3 fully saturated rings. The minimum Gasteiger partial charge on any atom is -0.495 e. The molecule has 3 aromatic rings. The van der Waals surface area contributed by atoms with Gasteiger partial charge in [0.05, 0.1) is 40.6 Å². The molecule has 1 amide bonds. The molecule has 8 heteroatoms. The maximum atomic E-state index is 13.8. The molecule has 3 heterocycles. The summed E-state index contributed by atoms with van der Waals surface area (Å²) in [6.07, 6.45) is 7.63. The van der Waals surface area contributed by atoms with E-state index in [0.717, 1.165) is 72.4 Å². The number of nitrogens with zero attached hydrogens (tertiary/aromatic N) is 3. The molecule has 0 unspecified atom stereocenters. The Bertz CT molecular complexity index is 1370. The molecule has 0 bridgehead atoms. The van der Waals surface area contributed by atoms with Crippen LogP contribution in [-0.2, 0) is 0 Å². The number of hydrogen-bond acceptors (Lipinski definition) is 6. The summed E-state index contributed by atoms with van der Waals surface area (Å²) in [7, 11) is 1.59. The second kappa shape index (κ2) is 9.44. The first kappa shape index (κ1) is 24.4. The van der Waals surface area contributed by atoms with Crippen LogP contribution < -0.4 is 20.3 Å². The summed E-state index contributed by atoms with van der Waals surface area (Å²) < 4.78 is 5.28. The predicted molar refractivity (Wildman–Crippen MR) is 147 cm³/mol. The maximum Gasteiger partial charge on any atom is 0.255 e. The third kappa shape index (κ3) is 4.75. The Hall–Kier alpha value is -2.90. The molecular weight excluding hydrogens is 486 g/mol. The Morgan fingerprint density at radius 2 is 2.05 bits per heavy atom. The van der Waals surface area contributed by atoms with Gasteiger partial charge < -0.3 is 20.3 Å². The SMILES string of the molecule is COc1ccc([C@H](C)NC(=O)c2cnc3c(C4CC4)nc(C)cc3c2N2CCNC3(CC2)CC3)cc1Cl. The number of halogens is 1. The highest BCUT2D eigenvalue weighted by atomic mass is 35.5. The van der Waals surface area contributed by atoms with Crippen molar-refractivity contribution in [1.82, 2.24) is 20.6 Å². The average molecular weight is 520 g/mol. The molecule has 194 valence electrons. The number of aromatic nitrogens is 2. The topological polar surface area (TPSA) is 79.4 Å². The van der Waals surface area contributed by atoms with E-state index in [-0.39, 0.29) is 11.9 Å². The van der Waals surface area contributed by atoms with Crippen molar-refractivity contribution in [3.63, 3.8) is 0 Å². The summed E-state index contributed by atoms with van der Waals surface area (Å²) in [4.78, 5) is 25.9. The number of nitrogens with one attached hydrogen (secondary N) is 2. The summed E-state index contributed by atoms with van der Waals surface area (Å²) in [6, 6.07) is 7.48. The number of anilines is 1. The van der Waals surface area contributed by atoms with Crippen molar-refractivity contribution in [1.29, 1.82) is 0 Å². The molecule has 7 nitrogen and oxygen atoms in total. The van der Waals surface area contributed by atoms with Gasteiger partial charge in [0.1, 0.15) is 5.75 Å². The van der Waals surface area contributed by atoms with E-state index in [4.69, 9.17) is 26.3 Å². The van der Waals surface area contributed by atoms with Crippen molar-refractivity contribution in [3.05, 3.63) is 58.0 Å². The molecule has 37 heavy (non-hydrogen) atoms. The fourth-order valence-electron chi connectivity index (χ4n) is 5.61. The summed E-state index contributed by atoms with van der Waals surface area (Å²) in [5, 5.41) is 8.51. The van der Waals surface area contributed by atoms with Crippen LogP contribution in [0.5, 0.6) is 5.75 Å². The fourth-order valence-corrected chi connectivity index (χ4v) is 5.87. The Morgan fingerprint density at radius 3 is 2.76 bits per heavy atom. The highest BCUT2D eigenvalue weighted by Gasteiger charge is 2.43. The van der Waals surface area contributed by atoms with Crippen LogP contribution in [0.4, 0.5) is 5.69 Å². The van der Waals surface area contributed by atoms with Crippen molar-refractivity contribution < 1.29 is 9.53 Å². The second-order valence-corrected chi connectivity index (χ2v) is 11.3. The van der Waals surface area contributed by atoms with Gasteiger partial charge in [-0.15, -0.1) is 0 Å². The number of benzene rings is 1. The lowest BCUT2D eigenvalue weighted by Gasteiger charge is -2.27. The predicted octanol–water partition coefficient (Wildman–Crippen LogP) is 5.30. The Morgan fingerprint density at radius 1 is 1.24 bits per heavy atom. The molecule has 2 N–H and O–H groups in total. The molecule has 1 aliphatic heterocycles. The zero-order valence-corrected chi connectivity index (χ0v) is 22.5. The molecule has 2 aromatic heterocycles. The van der Waals surface area contributed by atoms with Gasteiger partial charge in [-0.2, -0.15) is 0 Å². The van der Waals surface area contributed by atoms with E-state index in [1.54, 1.807) is 13.3 Å². The van der Waals surface area contributed by atoms with Gasteiger partial charge in [0.15, 0.2) is 0 Å². The van der Waals surface area contributed by atoms with E-state index in [9.17, 15) is 4.79 Å². The molecular formula is C29H34ClN5O2. The first-order chi connectivity index (χ1) is 17.9. The van der Waals surface area contributed by atoms with Gasteiger partial charge in [0.25, 0.3) is 5.91 Å². The number of amides is 1. The van der Waals surface area contributed by atoms with Crippen LogP contribution in [0.3, 0.4) is 0 Å². The van der Waals surface area contributed by atoms with Crippen LogP contribution in [0.2, 0.25) is 5.02 Å². The molecule has 2 aliphatic carbocycles. The van der Waals surface area contributed by atoms with Crippen molar-refractivity contribution in [3.8, 4) is 5.75 Å². The van der Waals surface area contributed by atoms with Crippen LogP contribution in [0, 0.1) is 6.92 Å². The van der Waals surface area contributed by atoms with Crippen LogP contribution in [0.15, 0.2) is 30.5 Å². The van der Waals surface area contributed by atoms with E-state index in [1.807, 2.05) is 32.0 Å². The van der Waals surface area contributed by atoms with Gasteiger partial charge in [-0.05, 0) is 69.7 Å². The summed E-state index contributed by atoms with van der Waals surface area (Å²) in [5.41, 5.74) is 5.79. The summed E-state index contributed by atoms with van der Waals surface area (Å²) >= 11 is 6.36. The van der Waals surface area contributed by atoms with E-state index in [1.165, 1.54) is 12.8 Å². The lowest BCUT2D eigenvalue weighted by molar-refractivity contribution is 0.0940. The number of carbonyl (C=O) groups is 1. The van der Waals surface area contributed by atoms with Crippen LogP contribution in [-0.4, -0.2) is 48.2 Å². The smallest absolute Gasteiger partial charge is 0.255 e. The lowest BCUT2D eigenvalue weighted by Crippen LogP contribution is -2.33. The number of rotatable bonds is 6. The Balaban J connectivity index is 1.39. The lowest BCUT2D eigenvalue weighted by atomic mass is 10.0. The van der Waals surface area contributed by atoms with Crippen LogP contribution >= 0.6 is 11.6 Å². The van der Waals surface area contributed by atoms with E-state index < -0.39 is 0 Å². The van der Waals surface area contributed by atoms with Gasteiger partial charge in [-0.25, -0.2) is 0 Å². The van der Waals surface area contributed by atoms with Gasteiger partial charge >= 0.3 is 0 Å². The quantitative estimate of drug-likeness (QED) is 0.460. The van der Waals surface area contributed by atoms with E-state index in [0.29, 0.717) is 27.8 Å². The molecule has 0 radical (unpaired) electrons. The number of hydrogen-bond donors (Lipinski definition) is 2. The van der Waals surface area contributed by atoms with Crippen molar-refractivity contribution in [2.24, 2.45) is 0 Å². The third-order valence-electron chi connectivity index (χ3n) is 8.12. The number of aryl methyl sites for hydroxylation is 1. The Labute approximate surface area is 223 Å². The molecule has 1 aromatic carbocycles. The van der Waals surface area contributed by atoms with Gasteiger partial charge in [-0.1, -0.05) is 17.7 Å². The highest BCUT2D eigenvalue weighted by molar-refractivity contribution is 6.32. The summed E-state index contributed by atoms with van der Waals surface area (Å²) in [5.74, 6) is 0.955. The minimum atomic E-state index is -0.235. The van der Waals surface area contributed by atoms with Crippen LogP contribution in [0.1, 0.15) is 78.3 Å². The van der Waals surface area contributed by atoms with Crippen LogP contribution in [0.25, 0.3) is 10.9 Å². The molecule has 3 aliphatic rings. The van der Waals surface area contributed by atoms with Gasteiger partial charge in [0.2, 0.25) is 0 Å². The first-order valence-electron chi connectivity index (χ1n) is 13.3. The third-order valence-corrected chi connectivity index (χ3v) is 8.42. The van der Waals surface area contributed by atoms with Crippen molar-refractivity contribution >= 4 is 34.1 Å². The van der Waals surface area contributed by atoms with Crippen molar-refractivity contribution in [2.45, 2.75) is 63.5 Å². The summed E-state index contributed by atoms with van der Waals surface area (Å²) in [6.45, 7) is 6.68. The number of methoxy groups -OCH3 is 1. The molecule has 6 rings (SSSR count). The zero-order valence-electron chi connectivity index (χ0n) is 21.7. The minimum absolute atomic E-state index is 0.135. The highest BCUT2D eigenvalue weighted by Crippen LogP contribution is 2.45. The largest absolute Gasteiger partial charge is 0.495 e. The monoisotopic (exact) mass is 519 g/mol.